The lowest BCUT2D eigenvalue weighted by atomic mass is 9.95. The van der Waals surface area contributed by atoms with Crippen molar-refractivity contribution in [2.45, 2.75) is 32.4 Å². The topological polar surface area (TPSA) is 51.3 Å². The number of anilines is 1. The molecule has 3 aromatic rings. The lowest BCUT2D eigenvalue weighted by molar-refractivity contribution is -0.932. The van der Waals surface area contributed by atoms with Gasteiger partial charge in [0.25, 0.3) is 0 Å². The van der Waals surface area contributed by atoms with E-state index in [4.69, 9.17) is 0 Å². The molecule has 29 heavy (non-hydrogen) atoms. The zero-order valence-electron chi connectivity index (χ0n) is 17.6. The van der Waals surface area contributed by atoms with Crippen molar-refractivity contribution in [3.05, 3.63) is 71.5 Å². The summed E-state index contributed by atoms with van der Waals surface area (Å²) in [6.45, 7) is 5.36. The summed E-state index contributed by atoms with van der Waals surface area (Å²) in [5.74, 6) is 1.76. The Labute approximate surface area is 173 Å². The van der Waals surface area contributed by atoms with Crippen LogP contribution in [0.5, 0.6) is 0 Å². The molecule has 1 aliphatic heterocycles. The SMILES string of the molecule is CC1CC[NH+]([C@@H](c2ccc(N(C)C)cc2)c2nnnn2Cc2ccccc2)CC1. The fraction of sp³-hybridized carbons (Fsp3) is 0.435. The average molecular weight is 392 g/mol. The zero-order valence-corrected chi connectivity index (χ0v) is 17.6. The molecule has 0 saturated carbocycles. The number of nitrogens with one attached hydrogen (secondary N) is 1. The molecule has 6 heteroatoms. The molecule has 1 saturated heterocycles. The van der Waals surface area contributed by atoms with Gasteiger partial charge in [-0.25, -0.2) is 4.68 Å². The largest absolute Gasteiger partial charge is 0.378 e. The third-order valence-corrected chi connectivity index (χ3v) is 6.06. The van der Waals surface area contributed by atoms with Gasteiger partial charge in [-0.15, -0.1) is 5.10 Å². The number of hydrogen-bond acceptors (Lipinski definition) is 4. The van der Waals surface area contributed by atoms with Gasteiger partial charge in [-0.05, 0) is 46.9 Å². The van der Waals surface area contributed by atoms with Crippen molar-refractivity contribution < 1.29 is 4.90 Å². The van der Waals surface area contributed by atoms with Crippen LogP contribution in [0.25, 0.3) is 0 Å². The Kier molecular flexibility index (Phi) is 5.90. The van der Waals surface area contributed by atoms with Crippen LogP contribution in [0.3, 0.4) is 0 Å². The van der Waals surface area contributed by atoms with Crippen molar-refractivity contribution >= 4 is 5.69 Å². The van der Waals surface area contributed by atoms with E-state index in [9.17, 15) is 0 Å². The molecule has 6 nitrogen and oxygen atoms in total. The molecular weight excluding hydrogens is 360 g/mol. The van der Waals surface area contributed by atoms with E-state index in [1.54, 1.807) is 4.90 Å². The Balaban J connectivity index is 1.68. The Bertz CT molecular complexity index is 895. The normalized spacial score (nSPS) is 20.4. The molecular formula is C23H31N6+. The van der Waals surface area contributed by atoms with Gasteiger partial charge in [0.05, 0.1) is 19.6 Å². The molecule has 0 aliphatic carbocycles. The highest BCUT2D eigenvalue weighted by Crippen LogP contribution is 2.22. The van der Waals surface area contributed by atoms with Crippen molar-refractivity contribution in [1.82, 2.24) is 20.2 Å². The van der Waals surface area contributed by atoms with Gasteiger partial charge in [-0.3, -0.25) is 0 Å². The molecule has 0 radical (unpaired) electrons. The van der Waals surface area contributed by atoms with Crippen LogP contribution in [0.2, 0.25) is 0 Å². The van der Waals surface area contributed by atoms with Gasteiger partial charge in [-0.2, -0.15) is 0 Å². The number of nitrogens with zero attached hydrogens (tertiary/aromatic N) is 5. The van der Waals surface area contributed by atoms with Gasteiger partial charge in [0.2, 0.25) is 5.82 Å². The molecule has 1 N–H and O–H groups in total. The summed E-state index contributed by atoms with van der Waals surface area (Å²) in [5, 5.41) is 12.9. The number of piperidine rings is 1. The Morgan fingerprint density at radius 1 is 1.03 bits per heavy atom. The maximum absolute atomic E-state index is 4.51. The molecule has 0 unspecified atom stereocenters. The third-order valence-electron chi connectivity index (χ3n) is 6.06. The van der Waals surface area contributed by atoms with E-state index in [-0.39, 0.29) is 6.04 Å². The molecule has 4 rings (SSSR count). The monoisotopic (exact) mass is 391 g/mol. The fourth-order valence-electron chi connectivity index (χ4n) is 4.24. The smallest absolute Gasteiger partial charge is 0.214 e. The first-order valence-electron chi connectivity index (χ1n) is 10.5. The lowest BCUT2D eigenvalue weighted by Gasteiger charge is -2.33. The molecule has 0 spiro atoms. The van der Waals surface area contributed by atoms with Gasteiger partial charge in [0.1, 0.15) is 0 Å². The zero-order chi connectivity index (χ0) is 20.2. The molecule has 0 bridgehead atoms. The van der Waals surface area contributed by atoms with Crippen LogP contribution in [0, 0.1) is 5.92 Å². The molecule has 1 aliphatic rings. The van der Waals surface area contributed by atoms with Gasteiger partial charge in [0, 0.05) is 25.3 Å². The number of quaternary nitrogens is 1. The Morgan fingerprint density at radius 3 is 2.38 bits per heavy atom. The number of benzene rings is 2. The van der Waals surface area contributed by atoms with Crippen LogP contribution in [0.1, 0.15) is 42.8 Å². The Hall–Kier alpha value is -2.73. The van der Waals surface area contributed by atoms with E-state index in [2.05, 4.69) is 90.0 Å². The van der Waals surface area contributed by atoms with E-state index < -0.39 is 0 Å². The highest BCUT2D eigenvalue weighted by molar-refractivity contribution is 5.46. The van der Waals surface area contributed by atoms with Crippen LogP contribution in [-0.2, 0) is 6.54 Å². The molecule has 152 valence electrons. The molecule has 0 amide bonds. The minimum absolute atomic E-state index is 0.150. The van der Waals surface area contributed by atoms with Crippen molar-refractivity contribution in [3.63, 3.8) is 0 Å². The van der Waals surface area contributed by atoms with Crippen molar-refractivity contribution in [1.29, 1.82) is 0 Å². The Morgan fingerprint density at radius 2 is 1.72 bits per heavy atom. The predicted octanol–water partition coefficient (Wildman–Crippen LogP) is 2.19. The molecule has 1 aromatic heterocycles. The number of aromatic nitrogens is 4. The van der Waals surface area contributed by atoms with Crippen LogP contribution in [0.4, 0.5) is 5.69 Å². The van der Waals surface area contributed by atoms with Crippen molar-refractivity contribution in [2.24, 2.45) is 5.92 Å². The summed E-state index contributed by atoms with van der Waals surface area (Å²) in [4.78, 5) is 3.69. The highest BCUT2D eigenvalue weighted by atomic mass is 15.5. The molecule has 1 atom stereocenters. The third kappa shape index (κ3) is 4.48. The lowest BCUT2D eigenvalue weighted by Crippen LogP contribution is -3.13. The summed E-state index contributed by atoms with van der Waals surface area (Å²) in [5.41, 5.74) is 3.70. The highest BCUT2D eigenvalue weighted by Gasteiger charge is 2.34. The van der Waals surface area contributed by atoms with E-state index >= 15 is 0 Å². The van der Waals surface area contributed by atoms with Crippen LogP contribution < -0.4 is 9.80 Å². The summed E-state index contributed by atoms with van der Waals surface area (Å²) in [6.07, 6.45) is 2.50. The van der Waals surface area contributed by atoms with Crippen LogP contribution in [-0.4, -0.2) is 47.4 Å². The number of likely N-dealkylation sites (tertiary alicyclic amines) is 1. The summed E-state index contributed by atoms with van der Waals surface area (Å²) < 4.78 is 1.98. The number of tetrazole rings is 1. The van der Waals surface area contributed by atoms with Crippen molar-refractivity contribution in [2.75, 3.05) is 32.1 Å². The summed E-state index contributed by atoms with van der Waals surface area (Å²) >= 11 is 0. The second-order valence-electron chi connectivity index (χ2n) is 8.44. The molecule has 2 aromatic carbocycles. The first-order chi connectivity index (χ1) is 14.1. The van der Waals surface area contributed by atoms with Gasteiger partial charge < -0.3 is 9.80 Å². The van der Waals surface area contributed by atoms with E-state index in [0.717, 1.165) is 24.8 Å². The summed E-state index contributed by atoms with van der Waals surface area (Å²) in [6, 6.07) is 19.4. The standard InChI is InChI=1S/C23H30N6/c1-18-13-15-28(16-14-18)22(20-9-11-21(12-10-20)27(2)3)23-24-25-26-29(23)17-19-7-5-4-6-8-19/h4-12,18,22H,13-17H2,1-3H3/p+1/t22-/m0/s1. The van der Waals surface area contributed by atoms with Gasteiger partial charge in [0.15, 0.2) is 6.04 Å². The summed E-state index contributed by atoms with van der Waals surface area (Å²) in [7, 11) is 4.15. The van der Waals surface area contributed by atoms with Crippen LogP contribution >= 0.6 is 0 Å². The van der Waals surface area contributed by atoms with Gasteiger partial charge >= 0.3 is 0 Å². The number of rotatable bonds is 6. The fourth-order valence-corrected chi connectivity index (χ4v) is 4.24. The number of hydrogen-bond donors (Lipinski definition) is 1. The predicted molar refractivity (Wildman–Crippen MR) is 115 cm³/mol. The van der Waals surface area contributed by atoms with Crippen molar-refractivity contribution in [3.8, 4) is 0 Å². The first kappa shape index (κ1) is 19.6. The van der Waals surface area contributed by atoms with E-state index in [1.807, 2.05) is 10.7 Å². The van der Waals surface area contributed by atoms with Crippen LogP contribution in [0.15, 0.2) is 54.6 Å². The minimum Gasteiger partial charge on any atom is -0.378 e. The second kappa shape index (κ2) is 8.74. The second-order valence-corrected chi connectivity index (χ2v) is 8.44. The first-order valence-corrected chi connectivity index (χ1v) is 10.5. The quantitative estimate of drug-likeness (QED) is 0.700. The molecule has 1 fully saturated rings. The minimum atomic E-state index is 0.150. The maximum Gasteiger partial charge on any atom is 0.214 e. The average Bonchev–Trinajstić information content (AvgIpc) is 3.18. The maximum atomic E-state index is 4.51. The molecule has 2 heterocycles. The van der Waals surface area contributed by atoms with E-state index in [1.165, 1.54) is 29.7 Å². The van der Waals surface area contributed by atoms with Gasteiger partial charge in [-0.1, -0.05) is 49.4 Å². The van der Waals surface area contributed by atoms with E-state index in [0.29, 0.717) is 6.54 Å².